The van der Waals surface area contributed by atoms with Crippen molar-refractivity contribution in [2.24, 2.45) is 0 Å². The number of nitrogens with zero attached hydrogens (tertiary/aromatic N) is 7. The van der Waals surface area contributed by atoms with E-state index >= 15 is 0 Å². The average molecular weight is 538 g/mol. The number of hydrogen-bond donors (Lipinski definition) is 2. The van der Waals surface area contributed by atoms with E-state index in [4.69, 9.17) is 0 Å². The number of alkyl halides is 3. The Kier molecular flexibility index (Phi) is 6.38. The van der Waals surface area contributed by atoms with Gasteiger partial charge in [0.1, 0.15) is 11.5 Å². The number of rotatable bonds is 5. The van der Waals surface area contributed by atoms with Crippen LogP contribution in [-0.2, 0) is 12.7 Å². The van der Waals surface area contributed by atoms with Crippen molar-refractivity contribution in [1.29, 1.82) is 0 Å². The second-order valence-corrected chi connectivity index (χ2v) is 8.79. The molecule has 2 aromatic carbocycles. The molecule has 2 N–H and O–H groups in total. The molecule has 14 heteroatoms. The van der Waals surface area contributed by atoms with Crippen LogP contribution in [0.15, 0.2) is 54.9 Å². The van der Waals surface area contributed by atoms with E-state index in [0.29, 0.717) is 28.7 Å². The van der Waals surface area contributed by atoms with E-state index in [1.54, 1.807) is 37.3 Å². The van der Waals surface area contributed by atoms with E-state index in [-0.39, 0.29) is 18.1 Å². The number of urea groups is 1. The normalized spacial score (nSPS) is 13.3. The van der Waals surface area contributed by atoms with Gasteiger partial charge >= 0.3 is 12.2 Å². The number of benzene rings is 2. The average Bonchev–Trinajstić information content (AvgIpc) is 3.39. The maximum absolute atomic E-state index is 13.3. The largest absolute Gasteiger partial charge is 0.416 e. The molecule has 0 unspecified atom stereocenters. The van der Waals surface area contributed by atoms with Gasteiger partial charge < -0.3 is 5.32 Å². The SMILES string of the molecule is CNc1ncc2c(n1)N(C)C(=O)N(c1cc(-c3cn(NC(=O)c4cccc(C(F)(F)F)c4)nn3)ccc1C)C2. The molecule has 0 atom stereocenters. The molecule has 0 spiro atoms. The summed E-state index contributed by atoms with van der Waals surface area (Å²) in [6.45, 7) is 2.13. The molecule has 0 saturated heterocycles. The molecule has 0 saturated carbocycles. The molecular weight excluding hydrogens is 515 g/mol. The molecule has 0 bridgehead atoms. The molecule has 3 heterocycles. The first-order chi connectivity index (χ1) is 18.5. The lowest BCUT2D eigenvalue weighted by molar-refractivity contribution is -0.137. The van der Waals surface area contributed by atoms with Crippen LogP contribution in [0.2, 0.25) is 0 Å². The highest BCUT2D eigenvalue weighted by Gasteiger charge is 2.32. The molecular formula is C25H22F3N9O2. The van der Waals surface area contributed by atoms with Crippen molar-refractivity contribution in [2.45, 2.75) is 19.6 Å². The van der Waals surface area contributed by atoms with E-state index in [2.05, 4.69) is 31.0 Å². The fourth-order valence-corrected chi connectivity index (χ4v) is 4.13. The molecule has 3 amide bonds. The topological polar surface area (TPSA) is 121 Å². The van der Waals surface area contributed by atoms with Crippen molar-refractivity contribution < 1.29 is 22.8 Å². The third kappa shape index (κ3) is 4.95. The van der Waals surface area contributed by atoms with Gasteiger partial charge in [-0.25, -0.2) is 15.2 Å². The molecule has 5 rings (SSSR count). The van der Waals surface area contributed by atoms with Gasteiger partial charge in [-0.05, 0) is 42.0 Å². The van der Waals surface area contributed by atoms with Crippen molar-refractivity contribution in [1.82, 2.24) is 25.1 Å². The van der Waals surface area contributed by atoms with E-state index in [0.717, 1.165) is 34.1 Å². The summed E-state index contributed by atoms with van der Waals surface area (Å²) in [4.78, 5) is 38.5. The van der Waals surface area contributed by atoms with Crippen LogP contribution in [0, 0.1) is 6.92 Å². The zero-order valence-electron chi connectivity index (χ0n) is 21.0. The minimum atomic E-state index is -4.57. The summed E-state index contributed by atoms with van der Waals surface area (Å²) in [6, 6.07) is 9.18. The zero-order chi connectivity index (χ0) is 27.9. The molecule has 2 aromatic heterocycles. The first-order valence-corrected chi connectivity index (χ1v) is 11.7. The van der Waals surface area contributed by atoms with Crippen LogP contribution in [-0.4, -0.2) is 51.1 Å². The van der Waals surface area contributed by atoms with Crippen LogP contribution >= 0.6 is 0 Å². The molecule has 4 aromatic rings. The minimum absolute atomic E-state index is 0.182. The molecule has 39 heavy (non-hydrogen) atoms. The van der Waals surface area contributed by atoms with Crippen molar-refractivity contribution >= 4 is 29.4 Å². The standard InChI is InChI=1S/C25H22F3N9O2/c1-14-7-8-15(10-20(14)36-12-17-11-30-23(29-2)31-21(17)35(3)24(36)39)19-13-37(34-32-19)33-22(38)16-5-4-6-18(9-16)25(26,27)28/h4-11,13H,12H2,1-3H3,(H,33,38)(H,29,30,31). The van der Waals surface area contributed by atoms with Gasteiger partial charge in [0.2, 0.25) is 5.95 Å². The van der Waals surface area contributed by atoms with E-state index in [1.165, 1.54) is 17.2 Å². The van der Waals surface area contributed by atoms with Crippen molar-refractivity contribution in [3.8, 4) is 11.3 Å². The van der Waals surface area contributed by atoms with Crippen LogP contribution in [0.4, 0.5) is 35.4 Å². The Morgan fingerprint density at radius 1 is 1.13 bits per heavy atom. The lowest BCUT2D eigenvalue weighted by Crippen LogP contribution is -2.46. The molecule has 1 aliphatic heterocycles. The number of halogens is 3. The summed E-state index contributed by atoms with van der Waals surface area (Å²) in [6.07, 6.45) is -1.48. The van der Waals surface area contributed by atoms with Gasteiger partial charge in [-0.3, -0.25) is 14.6 Å². The lowest BCUT2D eigenvalue weighted by Gasteiger charge is -2.34. The van der Waals surface area contributed by atoms with Gasteiger partial charge in [0.25, 0.3) is 5.91 Å². The smallest absolute Gasteiger partial charge is 0.357 e. The highest BCUT2D eigenvalue weighted by molar-refractivity contribution is 6.05. The Labute approximate surface area is 220 Å². The molecule has 0 radical (unpaired) electrons. The third-order valence-electron chi connectivity index (χ3n) is 6.19. The van der Waals surface area contributed by atoms with Crippen molar-refractivity contribution in [3.63, 3.8) is 0 Å². The summed E-state index contributed by atoms with van der Waals surface area (Å²) in [7, 11) is 3.33. The number of hydrogen-bond acceptors (Lipinski definition) is 7. The van der Waals surface area contributed by atoms with E-state index < -0.39 is 17.6 Å². The quantitative estimate of drug-likeness (QED) is 0.394. The number of aryl methyl sites for hydroxylation is 1. The lowest BCUT2D eigenvalue weighted by atomic mass is 10.1. The Balaban J connectivity index is 1.38. The first kappa shape index (κ1) is 25.6. The van der Waals surface area contributed by atoms with Crippen LogP contribution < -0.4 is 20.5 Å². The number of aromatic nitrogens is 5. The second-order valence-electron chi connectivity index (χ2n) is 8.79. The Hall–Kier alpha value is -5.01. The summed E-state index contributed by atoms with van der Waals surface area (Å²) in [5, 5.41) is 10.8. The fraction of sp³-hybridized carbons (Fsp3) is 0.200. The number of carbonyl (C=O) groups is 2. The maximum atomic E-state index is 13.3. The summed E-state index contributed by atoms with van der Waals surface area (Å²) in [5.74, 6) is 0.138. The molecule has 0 fully saturated rings. The number of anilines is 3. The Morgan fingerprint density at radius 2 is 1.92 bits per heavy atom. The van der Waals surface area contributed by atoms with Crippen LogP contribution in [0.5, 0.6) is 0 Å². The van der Waals surface area contributed by atoms with Gasteiger partial charge in [-0.15, -0.1) is 5.10 Å². The number of fused-ring (bicyclic) bond motifs is 1. The second kappa shape index (κ2) is 9.70. The monoisotopic (exact) mass is 537 g/mol. The van der Waals surface area contributed by atoms with E-state index in [9.17, 15) is 22.8 Å². The maximum Gasteiger partial charge on any atom is 0.416 e. The highest BCUT2D eigenvalue weighted by atomic mass is 19.4. The summed E-state index contributed by atoms with van der Waals surface area (Å²) < 4.78 is 39.0. The van der Waals surface area contributed by atoms with Gasteiger partial charge in [0.05, 0.1) is 18.3 Å². The van der Waals surface area contributed by atoms with Crippen LogP contribution in [0.3, 0.4) is 0 Å². The third-order valence-corrected chi connectivity index (χ3v) is 6.19. The molecule has 200 valence electrons. The van der Waals surface area contributed by atoms with Gasteiger partial charge in [-0.1, -0.05) is 18.2 Å². The fourth-order valence-electron chi connectivity index (χ4n) is 4.13. The van der Waals surface area contributed by atoms with Gasteiger partial charge in [0, 0.05) is 42.7 Å². The predicted octanol–water partition coefficient (Wildman–Crippen LogP) is 4.06. The number of carbonyl (C=O) groups excluding carboxylic acids is 2. The molecule has 11 nitrogen and oxygen atoms in total. The summed E-state index contributed by atoms with van der Waals surface area (Å²) >= 11 is 0. The van der Waals surface area contributed by atoms with E-state index in [1.807, 2.05) is 13.0 Å². The Bertz CT molecular complexity index is 1590. The highest BCUT2D eigenvalue weighted by Crippen LogP contribution is 2.34. The predicted molar refractivity (Wildman–Crippen MR) is 137 cm³/mol. The summed E-state index contributed by atoms with van der Waals surface area (Å²) in [5.41, 5.74) is 4.50. The van der Waals surface area contributed by atoms with Crippen molar-refractivity contribution in [3.05, 3.63) is 77.1 Å². The van der Waals surface area contributed by atoms with Gasteiger partial charge in [0.15, 0.2) is 0 Å². The molecule has 1 aliphatic rings. The number of nitrogens with one attached hydrogen (secondary N) is 2. The molecule has 0 aliphatic carbocycles. The van der Waals surface area contributed by atoms with Crippen LogP contribution in [0.1, 0.15) is 27.0 Å². The minimum Gasteiger partial charge on any atom is -0.357 e. The number of amides is 3. The first-order valence-electron chi connectivity index (χ1n) is 11.7. The Morgan fingerprint density at radius 3 is 2.67 bits per heavy atom. The van der Waals surface area contributed by atoms with Gasteiger partial charge in [-0.2, -0.15) is 22.9 Å². The van der Waals surface area contributed by atoms with Crippen LogP contribution in [0.25, 0.3) is 11.3 Å². The zero-order valence-corrected chi connectivity index (χ0v) is 21.0. The van der Waals surface area contributed by atoms with Crippen molar-refractivity contribution in [2.75, 3.05) is 34.6 Å².